The molecule has 2 aromatic carbocycles. The van der Waals surface area contributed by atoms with E-state index < -0.39 is 11.9 Å². The molecule has 0 unspecified atom stereocenters. The molecule has 21 heavy (non-hydrogen) atoms. The van der Waals surface area contributed by atoms with Gasteiger partial charge in [-0.15, -0.1) is 0 Å². The second-order valence-electron chi connectivity index (χ2n) is 4.50. The highest BCUT2D eigenvalue weighted by Crippen LogP contribution is 2.31. The first-order valence-electron chi connectivity index (χ1n) is 6.28. The van der Waals surface area contributed by atoms with E-state index in [9.17, 15) is 18.7 Å². The Morgan fingerprint density at radius 3 is 2.52 bits per heavy atom. The number of hydrogen-bond donors (Lipinski definition) is 1. The zero-order chi connectivity index (χ0) is 15.5. The Kier molecular flexibility index (Phi) is 4.26. The van der Waals surface area contributed by atoms with Crippen LogP contribution in [0.15, 0.2) is 36.4 Å². The smallest absolute Gasteiger partial charge is 0.376 e. The molecule has 0 radical (unpaired) electrons. The van der Waals surface area contributed by atoms with Crippen molar-refractivity contribution in [2.75, 3.05) is 13.2 Å². The lowest BCUT2D eigenvalue weighted by Gasteiger charge is -2.12. The minimum Gasteiger partial charge on any atom is -0.507 e. The van der Waals surface area contributed by atoms with Gasteiger partial charge in [0.05, 0.1) is 0 Å². The van der Waals surface area contributed by atoms with Crippen LogP contribution in [-0.4, -0.2) is 30.2 Å². The Bertz CT molecular complexity index is 650. The first-order chi connectivity index (χ1) is 9.89. The lowest BCUT2D eigenvalue weighted by Crippen LogP contribution is -2.28. The van der Waals surface area contributed by atoms with Gasteiger partial charge in [-0.1, -0.05) is 24.3 Å². The SMILES string of the molecule is CC(F)(F)C(=O)OCCOc1cccc2c(O)cccc12. The van der Waals surface area contributed by atoms with Crippen LogP contribution in [0.2, 0.25) is 0 Å². The predicted molar refractivity (Wildman–Crippen MR) is 72.7 cm³/mol. The maximum atomic E-state index is 12.6. The summed E-state index contributed by atoms with van der Waals surface area (Å²) in [5.74, 6) is -4.50. The fourth-order valence-corrected chi connectivity index (χ4v) is 1.80. The molecule has 2 rings (SSSR count). The van der Waals surface area contributed by atoms with E-state index in [4.69, 9.17) is 4.74 Å². The Balaban J connectivity index is 1.99. The molecule has 1 N–H and O–H groups in total. The first-order valence-corrected chi connectivity index (χ1v) is 6.28. The molecule has 0 aromatic heterocycles. The van der Waals surface area contributed by atoms with Crippen LogP contribution >= 0.6 is 0 Å². The van der Waals surface area contributed by atoms with Gasteiger partial charge in [0.2, 0.25) is 0 Å². The Hall–Kier alpha value is -2.37. The van der Waals surface area contributed by atoms with Crippen LogP contribution in [0.5, 0.6) is 11.5 Å². The molecule has 0 fully saturated rings. The summed E-state index contributed by atoms with van der Waals surface area (Å²) < 4.78 is 35.0. The van der Waals surface area contributed by atoms with Crippen LogP contribution in [0.4, 0.5) is 8.78 Å². The van der Waals surface area contributed by atoms with Gasteiger partial charge in [-0.3, -0.25) is 0 Å². The zero-order valence-corrected chi connectivity index (χ0v) is 11.3. The molecule has 0 heterocycles. The fraction of sp³-hybridized carbons (Fsp3) is 0.267. The molecule has 0 atom stereocenters. The Labute approximate surface area is 119 Å². The maximum absolute atomic E-state index is 12.6. The van der Waals surface area contributed by atoms with Crippen molar-refractivity contribution in [1.29, 1.82) is 0 Å². The van der Waals surface area contributed by atoms with Crippen molar-refractivity contribution in [1.82, 2.24) is 0 Å². The highest BCUT2D eigenvalue weighted by molar-refractivity contribution is 5.92. The number of rotatable bonds is 5. The molecule has 0 amide bonds. The quantitative estimate of drug-likeness (QED) is 0.680. The third kappa shape index (κ3) is 3.59. The van der Waals surface area contributed by atoms with Gasteiger partial charge in [0, 0.05) is 17.7 Å². The van der Waals surface area contributed by atoms with Gasteiger partial charge < -0.3 is 14.6 Å². The van der Waals surface area contributed by atoms with E-state index in [2.05, 4.69) is 4.74 Å². The highest BCUT2D eigenvalue weighted by atomic mass is 19.3. The third-order valence-electron chi connectivity index (χ3n) is 2.79. The molecule has 112 valence electrons. The minimum atomic E-state index is -3.51. The second-order valence-corrected chi connectivity index (χ2v) is 4.50. The van der Waals surface area contributed by atoms with Crippen molar-refractivity contribution in [3.05, 3.63) is 36.4 Å². The number of esters is 1. The summed E-state index contributed by atoms with van der Waals surface area (Å²) in [6, 6.07) is 10.1. The number of phenols is 1. The van der Waals surface area contributed by atoms with Gasteiger partial charge >= 0.3 is 11.9 Å². The van der Waals surface area contributed by atoms with Crippen molar-refractivity contribution in [3.8, 4) is 11.5 Å². The van der Waals surface area contributed by atoms with Gasteiger partial charge in [0.25, 0.3) is 0 Å². The van der Waals surface area contributed by atoms with Crippen LogP contribution in [-0.2, 0) is 9.53 Å². The average molecular weight is 296 g/mol. The predicted octanol–water partition coefficient (Wildman–Crippen LogP) is 3.12. The number of carbonyl (C=O) groups excluding carboxylic acids is 1. The minimum absolute atomic E-state index is 0.0589. The number of phenolic OH excluding ortho intramolecular Hbond substituents is 1. The number of halogens is 2. The number of benzene rings is 2. The Morgan fingerprint density at radius 2 is 1.81 bits per heavy atom. The summed E-state index contributed by atoms with van der Waals surface area (Å²) in [7, 11) is 0. The normalized spacial score (nSPS) is 11.4. The van der Waals surface area contributed by atoms with Crippen molar-refractivity contribution < 1.29 is 28.2 Å². The van der Waals surface area contributed by atoms with Crippen molar-refractivity contribution in [2.45, 2.75) is 12.8 Å². The molecule has 0 aliphatic heterocycles. The Morgan fingerprint density at radius 1 is 1.14 bits per heavy atom. The van der Waals surface area contributed by atoms with Crippen LogP contribution in [0.1, 0.15) is 6.92 Å². The third-order valence-corrected chi connectivity index (χ3v) is 2.79. The van der Waals surface area contributed by atoms with E-state index in [-0.39, 0.29) is 19.0 Å². The monoisotopic (exact) mass is 296 g/mol. The molecule has 2 aromatic rings. The number of aromatic hydroxyl groups is 1. The lowest BCUT2D eigenvalue weighted by molar-refractivity contribution is -0.169. The number of hydrogen-bond acceptors (Lipinski definition) is 4. The van der Waals surface area contributed by atoms with E-state index in [1.54, 1.807) is 36.4 Å². The molecule has 0 bridgehead atoms. The number of ether oxygens (including phenoxy) is 2. The largest absolute Gasteiger partial charge is 0.507 e. The van der Waals surface area contributed by atoms with Gasteiger partial charge in [-0.05, 0) is 12.1 Å². The standard InChI is InChI=1S/C15H14F2O4/c1-15(16,17)14(19)21-9-8-20-13-7-3-4-10-11(13)5-2-6-12(10)18/h2-7,18H,8-9H2,1H3. The highest BCUT2D eigenvalue weighted by Gasteiger charge is 2.34. The molecular formula is C15H14F2O4. The molecular weight excluding hydrogens is 282 g/mol. The van der Waals surface area contributed by atoms with E-state index in [1.165, 1.54) is 0 Å². The van der Waals surface area contributed by atoms with Gasteiger partial charge in [-0.2, -0.15) is 8.78 Å². The number of carbonyl (C=O) groups is 1. The van der Waals surface area contributed by atoms with Crippen molar-refractivity contribution in [2.24, 2.45) is 0 Å². The van der Waals surface area contributed by atoms with Crippen LogP contribution in [0.3, 0.4) is 0 Å². The van der Waals surface area contributed by atoms with Crippen LogP contribution in [0.25, 0.3) is 10.8 Å². The average Bonchev–Trinajstić information content (AvgIpc) is 2.43. The van der Waals surface area contributed by atoms with Gasteiger partial charge in [-0.25, -0.2) is 4.79 Å². The molecule has 0 aliphatic carbocycles. The summed E-state index contributed by atoms with van der Waals surface area (Å²) in [5, 5.41) is 11.0. The molecule has 6 heteroatoms. The molecule has 0 saturated heterocycles. The summed E-state index contributed by atoms with van der Waals surface area (Å²) in [4.78, 5) is 10.9. The second kappa shape index (κ2) is 5.95. The van der Waals surface area contributed by atoms with Gasteiger partial charge in [0.1, 0.15) is 24.7 Å². The molecule has 0 spiro atoms. The van der Waals surface area contributed by atoms with Crippen LogP contribution in [0, 0.1) is 0 Å². The van der Waals surface area contributed by atoms with Crippen molar-refractivity contribution >= 4 is 16.7 Å². The van der Waals surface area contributed by atoms with E-state index >= 15 is 0 Å². The summed E-state index contributed by atoms with van der Waals surface area (Å²) >= 11 is 0. The number of alkyl halides is 2. The molecule has 4 nitrogen and oxygen atoms in total. The number of fused-ring (bicyclic) bond motifs is 1. The summed E-state index contributed by atoms with van der Waals surface area (Å²) in [6.07, 6.45) is 0. The summed E-state index contributed by atoms with van der Waals surface area (Å²) in [5.41, 5.74) is 0. The summed E-state index contributed by atoms with van der Waals surface area (Å²) in [6.45, 7) is 0.137. The van der Waals surface area contributed by atoms with E-state index in [1.807, 2.05) is 0 Å². The zero-order valence-electron chi connectivity index (χ0n) is 11.3. The van der Waals surface area contributed by atoms with E-state index in [0.717, 1.165) is 0 Å². The molecule has 0 aliphatic rings. The van der Waals surface area contributed by atoms with Gasteiger partial charge in [0.15, 0.2) is 0 Å². The van der Waals surface area contributed by atoms with E-state index in [0.29, 0.717) is 23.4 Å². The fourth-order valence-electron chi connectivity index (χ4n) is 1.80. The van der Waals surface area contributed by atoms with Crippen molar-refractivity contribution in [3.63, 3.8) is 0 Å². The lowest BCUT2D eigenvalue weighted by atomic mass is 10.1. The van der Waals surface area contributed by atoms with Crippen LogP contribution < -0.4 is 4.74 Å². The maximum Gasteiger partial charge on any atom is 0.376 e. The molecule has 0 saturated carbocycles. The first kappa shape index (κ1) is 15.0. The topological polar surface area (TPSA) is 55.8 Å².